The molecule has 0 saturated carbocycles. The summed E-state index contributed by atoms with van der Waals surface area (Å²) in [6, 6.07) is 8.32. The average Bonchev–Trinajstić information content (AvgIpc) is 2.24. The lowest BCUT2D eigenvalue weighted by atomic mass is 9.93. The fourth-order valence-corrected chi connectivity index (χ4v) is 2.06. The van der Waals surface area contributed by atoms with Crippen molar-refractivity contribution >= 4 is 22.0 Å². The molecule has 1 heteroatoms. The van der Waals surface area contributed by atoms with Gasteiger partial charge in [-0.15, -0.1) is 0 Å². The van der Waals surface area contributed by atoms with Crippen molar-refractivity contribution in [2.24, 2.45) is 0 Å². The molecular weight excluding hydrogens is 260 g/mol. The summed E-state index contributed by atoms with van der Waals surface area (Å²) in [4.78, 5) is 0. The normalized spacial score (nSPS) is 18.9. The predicted molar refractivity (Wildman–Crippen MR) is 73.9 cm³/mol. The van der Waals surface area contributed by atoms with Crippen LogP contribution >= 0.6 is 15.9 Å². The Labute approximate surface area is 106 Å². The van der Waals surface area contributed by atoms with E-state index in [0.29, 0.717) is 0 Å². The Morgan fingerprint density at radius 3 is 2.62 bits per heavy atom. The Bertz CT molecular complexity index is 478. The van der Waals surface area contributed by atoms with E-state index in [9.17, 15) is 0 Å². The maximum absolute atomic E-state index is 3.48. The second-order valence-electron chi connectivity index (χ2n) is 4.04. The quantitative estimate of drug-likeness (QED) is 0.680. The van der Waals surface area contributed by atoms with Crippen molar-refractivity contribution in [2.45, 2.75) is 13.8 Å². The Morgan fingerprint density at radius 1 is 1.12 bits per heavy atom. The van der Waals surface area contributed by atoms with E-state index in [4.69, 9.17) is 0 Å². The van der Waals surface area contributed by atoms with Crippen LogP contribution in [0.15, 0.2) is 58.1 Å². The summed E-state index contributed by atoms with van der Waals surface area (Å²) in [5, 5.41) is 0. The van der Waals surface area contributed by atoms with Crippen LogP contribution in [-0.4, -0.2) is 0 Å². The molecule has 1 aliphatic rings. The van der Waals surface area contributed by atoms with Crippen LogP contribution in [0.5, 0.6) is 0 Å². The monoisotopic (exact) mass is 273 g/mol. The first-order valence-corrected chi connectivity index (χ1v) is 6.12. The first kappa shape index (κ1) is 11.4. The SMILES string of the molecule is C[C]1C=C/C(=C\c2cccc(Br)c2)C=C1C. The van der Waals surface area contributed by atoms with Crippen molar-refractivity contribution in [3.63, 3.8) is 0 Å². The molecule has 0 spiro atoms. The highest BCUT2D eigenvalue weighted by molar-refractivity contribution is 9.10. The Morgan fingerprint density at radius 2 is 1.94 bits per heavy atom. The predicted octanol–water partition coefficient (Wildman–Crippen LogP) is 4.94. The van der Waals surface area contributed by atoms with Crippen LogP contribution in [0, 0.1) is 5.92 Å². The van der Waals surface area contributed by atoms with Gasteiger partial charge in [0.25, 0.3) is 0 Å². The van der Waals surface area contributed by atoms with Crippen LogP contribution < -0.4 is 0 Å². The fraction of sp³-hybridized carbons (Fsp3) is 0.133. The third-order valence-corrected chi connectivity index (χ3v) is 3.21. The topological polar surface area (TPSA) is 0 Å². The molecule has 0 aromatic heterocycles. The van der Waals surface area contributed by atoms with Crippen LogP contribution in [0.2, 0.25) is 0 Å². The molecule has 0 N–H and O–H groups in total. The van der Waals surface area contributed by atoms with Gasteiger partial charge < -0.3 is 0 Å². The highest BCUT2D eigenvalue weighted by Gasteiger charge is 2.06. The van der Waals surface area contributed by atoms with E-state index in [2.05, 4.69) is 72.3 Å². The average molecular weight is 274 g/mol. The molecule has 2 rings (SSSR count). The maximum atomic E-state index is 3.48. The summed E-state index contributed by atoms with van der Waals surface area (Å²) >= 11 is 3.48. The van der Waals surface area contributed by atoms with E-state index < -0.39 is 0 Å². The number of allylic oxidation sites excluding steroid dienone is 5. The van der Waals surface area contributed by atoms with Gasteiger partial charge in [0.2, 0.25) is 0 Å². The largest absolute Gasteiger partial charge is 0.0728 e. The molecule has 1 aromatic carbocycles. The van der Waals surface area contributed by atoms with E-state index >= 15 is 0 Å². The number of rotatable bonds is 1. The summed E-state index contributed by atoms with van der Waals surface area (Å²) in [6.07, 6.45) is 8.73. The standard InChI is InChI=1S/C15H14Br/c1-11-6-7-14(8-12(11)2)9-13-4-3-5-15(16)10-13/h3-10H,1-2H3/b14-9+. The Hall–Kier alpha value is -1.08. The molecule has 0 unspecified atom stereocenters. The molecule has 81 valence electrons. The molecule has 1 aliphatic carbocycles. The van der Waals surface area contributed by atoms with Gasteiger partial charge in [0.05, 0.1) is 0 Å². The van der Waals surface area contributed by atoms with Crippen molar-refractivity contribution in [2.75, 3.05) is 0 Å². The minimum absolute atomic E-state index is 1.12. The number of hydrogen-bond donors (Lipinski definition) is 0. The van der Waals surface area contributed by atoms with Gasteiger partial charge in [-0.2, -0.15) is 0 Å². The van der Waals surface area contributed by atoms with E-state index in [1.807, 2.05) is 6.07 Å². The highest BCUT2D eigenvalue weighted by atomic mass is 79.9. The molecule has 0 nitrogen and oxygen atoms in total. The summed E-state index contributed by atoms with van der Waals surface area (Å²) < 4.78 is 1.12. The molecule has 1 radical (unpaired) electrons. The zero-order chi connectivity index (χ0) is 11.5. The minimum Gasteiger partial charge on any atom is -0.0728 e. The lowest BCUT2D eigenvalue weighted by Crippen LogP contribution is -1.94. The summed E-state index contributed by atoms with van der Waals surface area (Å²) in [5.41, 5.74) is 3.81. The summed E-state index contributed by atoms with van der Waals surface area (Å²) in [7, 11) is 0. The van der Waals surface area contributed by atoms with Crippen LogP contribution in [-0.2, 0) is 0 Å². The first-order chi connectivity index (χ1) is 7.65. The Balaban J connectivity index is 2.29. The van der Waals surface area contributed by atoms with Gasteiger partial charge >= 0.3 is 0 Å². The molecule has 0 fully saturated rings. The van der Waals surface area contributed by atoms with E-state index in [0.717, 1.165) is 4.47 Å². The van der Waals surface area contributed by atoms with Crippen LogP contribution in [0.4, 0.5) is 0 Å². The molecule has 0 heterocycles. The van der Waals surface area contributed by atoms with E-state index in [1.54, 1.807) is 0 Å². The van der Waals surface area contributed by atoms with Gasteiger partial charge in [0.15, 0.2) is 0 Å². The van der Waals surface area contributed by atoms with Crippen molar-refractivity contribution in [3.8, 4) is 0 Å². The lowest BCUT2D eigenvalue weighted by molar-refractivity contribution is 1.18. The smallest absolute Gasteiger partial charge is 0.0192 e. The molecule has 0 aliphatic heterocycles. The fourth-order valence-electron chi connectivity index (χ4n) is 1.64. The molecular formula is C15H14Br. The van der Waals surface area contributed by atoms with Crippen molar-refractivity contribution in [3.05, 3.63) is 69.6 Å². The van der Waals surface area contributed by atoms with Gasteiger partial charge in [-0.1, -0.05) is 58.8 Å². The second kappa shape index (κ2) is 4.84. The number of halogens is 1. The highest BCUT2D eigenvalue weighted by Crippen LogP contribution is 2.24. The van der Waals surface area contributed by atoms with Crippen molar-refractivity contribution < 1.29 is 0 Å². The minimum atomic E-state index is 1.12. The van der Waals surface area contributed by atoms with Gasteiger partial charge in [0.1, 0.15) is 0 Å². The molecule has 1 aromatic rings. The molecule has 0 amide bonds. The first-order valence-electron chi connectivity index (χ1n) is 5.33. The summed E-state index contributed by atoms with van der Waals surface area (Å²) in [5.74, 6) is 1.34. The van der Waals surface area contributed by atoms with E-state index in [1.165, 1.54) is 22.6 Å². The zero-order valence-corrected chi connectivity index (χ0v) is 11.1. The van der Waals surface area contributed by atoms with Crippen molar-refractivity contribution in [1.82, 2.24) is 0 Å². The van der Waals surface area contributed by atoms with Crippen LogP contribution in [0.3, 0.4) is 0 Å². The van der Waals surface area contributed by atoms with Crippen molar-refractivity contribution in [1.29, 1.82) is 0 Å². The van der Waals surface area contributed by atoms with Gasteiger partial charge in [-0.05, 0) is 36.3 Å². The third kappa shape index (κ3) is 2.73. The zero-order valence-electron chi connectivity index (χ0n) is 9.50. The van der Waals surface area contributed by atoms with Gasteiger partial charge in [-0.25, -0.2) is 0 Å². The second-order valence-corrected chi connectivity index (χ2v) is 4.96. The van der Waals surface area contributed by atoms with Crippen LogP contribution in [0.1, 0.15) is 19.4 Å². The number of hydrogen-bond acceptors (Lipinski definition) is 0. The molecule has 0 atom stereocenters. The molecule has 0 saturated heterocycles. The maximum Gasteiger partial charge on any atom is 0.0192 e. The van der Waals surface area contributed by atoms with E-state index in [-0.39, 0.29) is 0 Å². The third-order valence-electron chi connectivity index (χ3n) is 2.71. The Kier molecular flexibility index (Phi) is 3.45. The molecule has 16 heavy (non-hydrogen) atoms. The van der Waals surface area contributed by atoms with Crippen LogP contribution in [0.25, 0.3) is 6.08 Å². The summed E-state index contributed by atoms with van der Waals surface area (Å²) in [6.45, 7) is 4.28. The lowest BCUT2D eigenvalue weighted by Gasteiger charge is -2.12. The van der Waals surface area contributed by atoms with Gasteiger partial charge in [-0.3, -0.25) is 0 Å². The van der Waals surface area contributed by atoms with Gasteiger partial charge in [0, 0.05) is 10.4 Å². The number of benzene rings is 1. The molecule has 0 bridgehead atoms.